The maximum Gasteiger partial charge on any atom is 0.433 e. The molecule has 0 fully saturated rings. The molecule has 0 saturated heterocycles. The van der Waals surface area contributed by atoms with Crippen LogP contribution >= 0.6 is 0 Å². The third-order valence-corrected chi connectivity index (χ3v) is 2.51. The van der Waals surface area contributed by atoms with Gasteiger partial charge in [-0.2, -0.15) is 13.2 Å². The maximum atomic E-state index is 12.9. The third-order valence-electron chi connectivity index (χ3n) is 2.51. The topological polar surface area (TPSA) is 63.1 Å². The number of nitrogens with zero attached hydrogens (tertiary/aromatic N) is 2. The Morgan fingerprint density at radius 1 is 1.20 bits per heavy atom. The molecule has 20 heavy (non-hydrogen) atoms. The Bertz CT molecular complexity index is 627. The van der Waals surface area contributed by atoms with Crippen molar-refractivity contribution in [3.05, 3.63) is 47.8 Å². The molecule has 0 spiro atoms. The molecule has 7 heteroatoms. The molecule has 2 rings (SSSR count). The summed E-state index contributed by atoms with van der Waals surface area (Å²) in [4.78, 5) is 17.8. The van der Waals surface area contributed by atoms with Crippen LogP contribution in [0.1, 0.15) is 11.3 Å². The van der Waals surface area contributed by atoms with Crippen molar-refractivity contribution in [1.29, 1.82) is 0 Å². The first-order valence-corrected chi connectivity index (χ1v) is 5.58. The molecule has 1 aromatic heterocycles. The van der Waals surface area contributed by atoms with Gasteiger partial charge in [-0.25, -0.2) is 9.97 Å². The summed E-state index contributed by atoms with van der Waals surface area (Å²) in [6, 6.07) is 8.17. The fourth-order valence-electron chi connectivity index (χ4n) is 1.67. The average molecular weight is 282 g/mol. The number of benzene rings is 1. The fraction of sp³-hybridized carbons (Fsp3) is 0.154. The molecule has 1 heterocycles. The molecule has 0 atom stereocenters. The Balaban J connectivity index is 2.52. The summed E-state index contributed by atoms with van der Waals surface area (Å²) in [5, 5.41) is 8.62. The number of hydrogen-bond acceptors (Lipinski definition) is 3. The van der Waals surface area contributed by atoms with E-state index in [1.807, 2.05) is 0 Å². The molecule has 0 saturated carbocycles. The predicted molar refractivity (Wildman–Crippen MR) is 63.8 cm³/mol. The molecule has 0 unspecified atom stereocenters. The molecule has 0 aliphatic rings. The van der Waals surface area contributed by atoms with E-state index >= 15 is 0 Å². The maximum absolute atomic E-state index is 12.9. The van der Waals surface area contributed by atoms with E-state index in [0.29, 0.717) is 5.56 Å². The van der Waals surface area contributed by atoms with Gasteiger partial charge in [0.1, 0.15) is 0 Å². The minimum Gasteiger partial charge on any atom is -0.481 e. The van der Waals surface area contributed by atoms with Gasteiger partial charge in [-0.1, -0.05) is 30.3 Å². The fourth-order valence-corrected chi connectivity index (χ4v) is 1.67. The second kappa shape index (κ2) is 5.28. The first-order valence-electron chi connectivity index (χ1n) is 5.58. The summed E-state index contributed by atoms with van der Waals surface area (Å²) in [6.07, 6.45) is -4.59. The van der Waals surface area contributed by atoms with Crippen LogP contribution in [0.4, 0.5) is 13.2 Å². The number of aromatic nitrogens is 2. The molecule has 0 bridgehead atoms. The minimum absolute atomic E-state index is 0.0907. The highest BCUT2D eigenvalue weighted by Gasteiger charge is 2.36. The lowest BCUT2D eigenvalue weighted by Crippen LogP contribution is -2.16. The average Bonchev–Trinajstić information content (AvgIpc) is 2.38. The van der Waals surface area contributed by atoms with Crippen molar-refractivity contribution in [3.63, 3.8) is 0 Å². The number of carbonyl (C=O) groups is 1. The molecular formula is C13H9F3N2O2. The van der Waals surface area contributed by atoms with Crippen molar-refractivity contribution in [2.75, 3.05) is 0 Å². The largest absolute Gasteiger partial charge is 0.481 e. The highest BCUT2D eigenvalue weighted by atomic mass is 19.4. The quantitative estimate of drug-likeness (QED) is 0.940. The summed E-state index contributed by atoms with van der Waals surface area (Å²) in [6.45, 7) is 0. The summed E-state index contributed by atoms with van der Waals surface area (Å²) >= 11 is 0. The van der Waals surface area contributed by atoms with Gasteiger partial charge >= 0.3 is 12.1 Å². The van der Waals surface area contributed by atoms with E-state index < -0.39 is 29.8 Å². The molecule has 1 N–H and O–H groups in total. The van der Waals surface area contributed by atoms with E-state index in [2.05, 4.69) is 9.97 Å². The Hall–Kier alpha value is -2.44. The second-order valence-corrected chi connectivity index (χ2v) is 4.00. The molecule has 0 amide bonds. The van der Waals surface area contributed by atoms with E-state index in [1.165, 1.54) is 0 Å². The SMILES string of the molecule is O=C(O)Cc1cnc(-c2ccccc2)nc1C(F)(F)F. The molecule has 0 radical (unpaired) electrons. The normalized spacial score (nSPS) is 11.3. The predicted octanol–water partition coefficient (Wildman–Crippen LogP) is 2.79. The standard InChI is InChI=1S/C13H9F3N2O2/c14-13(15,16)11-9(6-10(19)20)7-17-12(18-11)8-4-2-1-3-5-8/h1-5,7H,6H2,(H,19,20). The zero-order valence-corrected chi connectivity index (χ0v) is 10.1. The number of carboxylic acid groups (broad SMARTS) is 1. The highest BCUT2D eigenvalue weighted by Crippen LogP contribution is 2.31. The van der Waals surface area contributed by atoms with Gasteiger partial charge in [-0.15, -0.1) is 0 Å². The summed E-state index contributed by atoms with van der Waals surface area (Å²) in [5.74, 6) is -1.46. The Morgan fingerprint density at radius 3 is 2.40 bits per heavy atom. The van der Waals surface area contributed by atoms with Crippen molar-refractivity contribution in [2.45, 2.75) is 12.6 Å². The zero-order valence-electron chi connectivity index (χ0n) is 10.1. The van der Waals surface area contributed by atoms with E-state index in [4.69, 9.17) is 5.11 Å². The third kappa shape index (κ3) is 3.11. The van der Waals surface area contributed by atoms with Gasteiger partial charge in [-0.05, 0) is 0 Å². The molecule has 0 aliphatic heterocycles. The monoisotopic (exact) mass is 282 g/mol. The lowest BCUT2D eigenvalue weighted by molar-refractivity contribution is -0.142. The molecule has 104 valence electrons. The van der Waals surface area contributed by atoms with Crippen LogP contribution in [-0.2, 0) is 17.4 Å². The van der Waals surface area contributed by atoms with Gasteiger partial charge in [0.2, 0.25) is 0 Å². The van der Waals surface area contributed by atoms with Gasteiger partial charge in [0.15, 0.2) is 11.5 Å². The van der Waals surface area contributed by atoms with E-state index in [0.717, 1.165) is 6.20 Å². The van der Waals surface area contributed by atoms with Crippen LogP contribution < -0.4 is 0 Å². The Labute approximate surface area is 111 Å². The van der Waals surface area contributed by atoms with Crippen molar-refractivity contribution in [3.8, 4) is 11.4 Å². The number of rotatable bonds is 3. The van der Waals surface area contributed by atoms with Gasteiger partial charge in [0.05, 0.1) is 6.42 Å². The number of alkyl halides is 3. The molecular weight excluding hydrogens is 273 g/mol. The van der Waals surface area contributed by atoms with E-state index in [1.54, 1.807) is 30.3 Å². The van der Waals surface area contributed by atoms with Crippen molar-refractivity contribution >= 4 is 5.97 Å². The number of hydrogen-bond donors (Lipinski definition) is 1. The van der Waals surface area contributed by atoms with Gasteiger partial charge in [0.25, 0.3) is 0 Å². The summed E-state index contributed by atoms with van der Waals surface area (Å²) in [5.41, 5.74) is -1.24. The first kappa shape index (κ1) is 14.0. The van der Waals surface area contributed by atoms with Crippen LogP contribution in [0.15, 0.2) is 36.5 Å². The number of halogens is 3. The van der Waals surface area contributed by atoms with Crippen molar-refractivity contribution < 1.29 is 23.1 Å². The minimum atomic E-state index is -4.72. The second-order valence-electron chi connectivity index (χ2n) is 4.00. The van der Waals surface area contributed by atoms with Crippen LogP contribution in [0.3, 0.4) is 0 Å². The highest BCUT2D eigenvalue weighted by molar-refractivity contribution is 5.70. The first-order chi connectivity index (χ1) is 9.38. The van der Waals surface area contributed by atoms with Crippen molar-refractivity contribution in [2.24, 2.45) is 0 Å². The van der Waals surface area contributed by atoms with Crippen LogP contribution in [0.25, 0.3) is 11.4 Å². The summed E-state index contributed by atoms with van der Waals surface area (Å²) in [7, 11) is 0. The van der Waals surface area contributed by atoms with Crippen LogP contribution in [0.5, 0.6) is 0 Å². The molecule has 0 aliphatic carbocycles. The van der Waals surface area contributed by atoms with E-state index in [9.17, 15) is 18.0 Å². The van der Waals surface area contributed by atoms with Gasteiger partial charge < -0.3 is 5.11 Å². The van der Waals surface area contributed by atoms with Crippen LogP contribution in [0.2, 0.25) is 0 Å². The molecule has 4 nitrogen and oxygen atoms in total. The van der Waals surface area contributed by atoms with Gasteiger partial charge in [0, 0.05) is 17.3 Å². The molecule has 2 aromatic rings. The van der Waals surface area contributed by atoms with Gasteiger partial charge in [-0.3, -0.25) is 4.79 Å². The lowest BCUT2D eigenvalue weighted by Gasteiger charge is -2.11. The Kier molecular flexibility index (Phi) is 3.69. The number of carboxylic acids is 1. The van der Waals surface area contributed by atoms with Crippen LogP contribution in [0, 0.1) is 0 Å². The van der Waals surface area contributed by atoms with Crippen molar-refractivity contribution in [1.82, 2.24) is 9.97 Å². The Morgan fingerprint density at radius 2 is 1.85 bits per heavy atom. The summed E-state index contributed by atoms with van der Waals surface area (Å²) < 4.78 is 38.7. The van der Waals surface area contributed by atoms with E-state index in [-0.39, 0.29) is 5.82 Å². The molecule has 1 aromatic carbocycles. The number of aliphatic carboxylic acids is 1. The lowest BCUT2D eigenvalue weighted by atomic mass is 10.1. The zero-order chi connectivity index (χ0) is 14.8. The van der Waals surface area contributed by atoms with Crippen LogP contribution in [-0.4, -0.2) is 21.0 Å². The smallest absolute Gasteiger partial charge is 0.433 e.